The minimum Gasteiger partial charge on any atom is -0.369 e. The predicted molar refractivity (Wildman–Crippen MR) is 123 cm³/mol. The molecule has 2 aliphatic rings. The van der Waals surface area contributed by atoms with E-state index in [0.29, 0.717) is 25.3 Å². The Hall–Kier alpha value is -1.77. The van der Waals surface area contributed by atoms with Crippen LogP contribution in [0.4, 0.5) is 5.69 Å². The van der Waals surface area contributed by atoms with Crippen molar-refractivity contribution in [3.05, 3.63) is 28.8 Å². The van der Waals surface area contributed by atoms with Crippen molar-refractivity contribution >= 4 is 23.2 Å². The van der Waals surface area contributed by atoms with Gasteiger partial charge in [-0.3, -0.25) is 9.69 Å². The Morgan fingerprint density at radius 3 is 2.63 bits per heavy atom. The number of benzene rings is 1. The Bertz CT molecular complexity index is 731. The Labute approximate surface area is 186 Å². The minimum atomic E-state index is 0.113. The SMILES string of the molecule is Cc1ccc(Cl)cc1N1CCN(CCC2CCC(NC(=O)CCCC#N)CC2)CC1. The Morgan fingerprint density at radius 1 is 1.20 bits per heavy atom. The van der Waals surface area contributed by atoms with Gasteiger partial charge in [0.15, 0.2) is 0 Å². The van der Waals surface area contributed by atoms with Gasteiger partial charge in [-0.15, -0.1) is 0 Å². The topological polar surface area (TPSA) is 59.4 Å². The number of aryl methyl sites for hydroxylation is 1. The standard InChI is InChI=1S/C24H35ClN4O/c1-19-5-8-21(25)18-23(19)29-16-14-28(15-17-29)13-11-20-6-9-22(10-7-20)27-24(30)4-2-3-12-26/h5,8,18,20,22H,2-4,6-7,9-11,13-17H2,1H3,(H,27,30). The number of carbonyl (C=O) groups is 1. The first-order valence-corrected chi connectivity index (χ1v) is 11.8. The number of hydrogen-bond donors (Lipinski definition) is 1. The van der Waals surface area contributed by atoms with Gasteiger partial charge in [-0.2, -0.15) is 5.26 Å². The molecule has 0 spiro atoms. The molecule has 0 atom stereocenters. The molecule has 1 amide bonds. The summed E-state index contributed by atoms with van der Waals surface area (Å²) in [6.07, 6.45) is 7.49. The molecule has 5 nitrogen and oxygen atoms in total. The summed E-state index contributed by atoms with van der Waals surface area (Å²) in [7, 11) is 0. The first-order chi connectivity index (χ1) is 14.5. The highest BCUT2D eigenvalue weighted by atomic mass is 35.5. The van der Waals surface area contributed by atoms with E-state index in [0.717, 1.165) is 50.0 Å². The molecule has 0 aromatic heterocycles. The Balaban J connectivity index is 1.32. The highest BCUT2D eigenvalue weighted by Gasteiger charge is 2.24. The molecule has 30 heavy (non-hydrogen) atoms. The third-order valence-electron chi connectivity index (χ3n) is 6.64. The fourth-order valence-corrected chi connectivity index (χ4v) is 4.89. The number of rotatable bonds is 8. The fraction of sp³-hybridized carbons (Fsp3) is 0.667. The van der Waals surface area contributed by atoms with Crippen LogP contribution in [0.25, 0.3) is 0 Å². The lowest BCUT2D eigenvalue weighted by Crippen LogP contribution is -2.47. The molecule has 0 unspecified atom stereocenters. The van der Waals surface area contributed by atoms with Gasteiger partial charge in [-0.25, -0.2) is 0 Å². The number of carbonyl (C=O) groups excluding carboxylic acids is 1. The van der Waals surface area contributed by atoms with Crippen molar-refractivity contribution in [2.24, 2.45) is 5.92 Å². The van der Waals surface area contributed by atoms with Crippen LogP contribution in [0.1, 0.15) is 56.9 Å². The molecule has 1 heterocycles. The van der Waals surface area contributed by atoms with E-state index in [4.69, 9.17) is 16.9 Å². The van der Waals surface area contributed by atoms with Crippen LogP contribution in [0.15, 0.2) is 18.2 Å². The van der Waals surface area contributed by atoms with Crippen molar-refractivity contribution in [2.45, 2.75) is 64.3 Å². The smallest absolute Gasteiger partial charge is 0.220 e. The molecule has 0 bridgehead atoms. The number of piperazine rings is 1. The van der Waals surface area contributed by atoms with Crippen LogP contribution in [-0.2, 0) is 4.79 Å². The molecule has 164 valence electrons. The van der Waals surface area contributed by atoms with Crippen LogP contribution in [-0.4, -0.2) is 49.6 Å². The average Bonchev–Trinajstić information content (AvgIpc) is 2.75. The van der Waals surface area contributed by atoms with Gasteiger partial charge in [-0.1, -0.05) is 17.7 Å². The van der Waals surface area contributed by atoms with Gasteiger partial charge in [-0.05, 0) is 75.6 Å². The van der Waals surface area contributed by atoms with Crippen molar-refractivity contribution in [1.29, 1.82) is 5.26 Å². The van der Waals surface area contributed by atoms with E-state index >= 15 is 0 Å². The maximum absolute atomic E-state index is 11.9. The summed E-state index contributed by atoms with van der Waals surface area (Å²) >= 11 is 6.19. The summed E-state index contributed by atoms with van der Waals surface area (Å²) in [6, 6.07) is 8.59. The minimum absolute atomic E-state index is 0.113. The molecule has 3 rings (SSSR count). The van der Waals surface area contributed by atoms with Crippen LogP contribution < -0.4 is 10.2 Å². The van der Waals surface area contributed by atoms with Crippen LogP contribution >= 0.6 is 11.6 Å². The monoisotopic (exact) mass is 430 g/mol. The number of halogens is 1. The molecule has 1 saturated heterocycles. The summed E-state index contributed by atoms with van der Waals surface area (Å²) in [5, 5.41) is 12.5. The van der Waals surface area contributed by atoms with Crippen molar-refractivity contribution in [1.82, 2.24) is 10.2 Å². The molecule has 2 fully saturated rings. The van der Waals surface area contributed by atoms with Crippen molar-refractivity contribution in [3.8, 4) is 6.07 Å². The summed E-state index contributed by atoms with van der Waals surface area (Å²) in [4.78, 5) is 17.0. The molecule has 6 heteroatoms. The zero-order valence-corrected chi connectivity index (χ0v) is 19.0. The second kappa shape index (κ2) is 11.6. The van der Waals surface area contributed by atoms with E-state index in [2.05, 4.69) is 40.2 Å². The fourth-order valence-electron chi connectivity index (χ4n) is 4.72. The lowest BCUT2D eigenvalue weighted by Gasteiger charge is -2.38. The summed E-state index contributed by atoms with van der Waals surface area (Å²) < 4.78 is 0. The van der Waals surface area contributed by atoms with Gasteiger partial charge in [0, 0.05) is 55.8 Å². The average molecular weight is 431 g/mol. The summed E-state index contributed by atoms with van der Waals surface area (Å²) in [5.41, 5.74) is 2.57. The zero-order valence-electron chi connectivity index (χ0n) is 18.2. The molecule has 1 aromatic carbocycles. The van der Waals surface area contributed by atoms with E-state index in [1.54, 1.807) is 0 Å². The maximum Gasteiger partial charge on any atom is 0.220 e. The Kier molecular flexibility index (Phi) is 8.84. The van der Waals surface area contributed by atoms with E-state index < -0.39 is 0 Å². The molecular weight excluding hydrogens is 396 g/mol. The van der Waals surface area contributed by atoms with Gasteiger partial charge >= 0.3 is 0 Å². The number of nitriles is 1. The number of nitrogens with zero attached hydrogens (tertiary/aromatic N) is 3. The largest absolute Gasteiger partial charge is 0.369 e. The lowest BCUT2D eigenvalue weighted by molar-refractivity contribution is -0.122. The van der Waals surface area contributed by atoms with Crippen molar-refractivity contribution < 1.29 is 4.79 Å². The second-order valence-corrected chi connectivity index (χ2v) is 9.28. The second-order valence-electron chi connectivity index (χ2n) is 8.85. The first-order valence-electron chi connectivity index (χ1n) is 11.4. The van der Waals surface area contributed by atoms with Gasteiger partial charge < -0.3 is 10.2 Å². The molecule has 1 aliphatic heterocycles. The number of hydrogen-bond acceptors (Lipinski definition) is 4. The van der Waals surface area contributed by atoms with Crippen LogP contribution in [0, 0.1) is 24.2 Å². The van der Waals surface area contributed by atoms with Crippen molar-refractivity contribution in [2.75, 3.05) is 37.6 Å². The summed E-state index contributed by atoms with van der Waals surface area (Å²) in [5.74, 6) is 0.895. The first kappa shape index (κ1) is 22.9. The number of amides is 1. The van der Waals surface area contributed by atoms with Crippen LogP contribution in [0.5, 0.6) is 0 Å². The summed E-state index contributed by atoms with van der Waals surface area (Å²) in [6.45, 7) is 7.68. The highest BCUT2D eigenvalue weighted by molar-refractivity contribution is 6.30. The van der Waals surface area contributed by atoms with Crippen molar-refractivity contribution in [3.63, 3.8) is 0 Å². The van der Waals surface area contributed by atoms with Gasteiger partial charge in [0.05, 0.1) is 6.07 Å². The lowest BCUT2D eigenvalue weighted by atomic mass is 9.84. The number of unbranched alkanes of at least 4 members (excludes halogenated alkanes) is 1. The van der Waals surface area contributed by atoms with E-state index in [1.165, 1.54) is 37.1 Å². The van der Waals surface area contributed by atoms with Crippen LogP contribution in [0.2, 0.25) is 5.02 Å². The van der Waals surface area contributed by atoms with Gasteiger partial charge in [0.25, 0.3) is 0 Å². The number of nitrogens with one attached hydrogen (secondary N) is 1. The van der Waals surface area contributed by atoms with Gasteiger partial charge in [0.1, 0.15) is 0 Å². The predicted octanol–water partition coefficient (Wildman–Crippen LogP) is 4.53. The molecular formula is C24H35ClN4O. The highest BCUT2D eigenvalue weighted by Crippen LogP contribution is 2.28. The van der Waals surface area contributed by atoms with E-state index in [-0.39, 0.29) is 5.91 Å². The van der Waals surface area contributed by atoms with E-state index in [9.17, 15) is 4.79 Å². The third-order valence-corrected chi connectivity index (χ3v) is 6.88. The molecule has 1 aliphatic carbocycles. The Morgan fingerprint density at radius 2 is 1.93 bits per heavy atom. The quantitative estimate of drug-likeness (QED) is 0.615. The third kappa shape index (κ3) is 6.89. The molecule has 1 N–H and O–H groups in total. The van der Waals surface area contributed by atoms with Gasteiger partial charge in [0.2, 0.25) is 5.91 Å². The molecule has 1 saturated carbocycles. The van der Waals surface area contributed by atoms with E-state index in [1.807, 2.05) is 6.07 Å². The molecule has 1 aromatic rings. The van der Waals surface area contributed by atoms with Crippen LogP contribution in [0.3, 0.4) is 0 Å². The zero-order chi connectivity index (χ0) is 21.3. The molecule has 0 radical (unpaired) electrons. The maximum atomic E-state index is 11.9. The normalized spacial score (nSPS) is 22.5. The number of anilines is 1.